The van der Waals surface area contributed by atoms with E-state index in [0.717, 1.165) is 5.56 Å². The Bertz CT molecular complexity index is 302. The summed E-state index contributed by atoms with van der Waals surface area (Å²) >= 11 is 0. The van der Waals surface area contributed by atoms with E-state index in [2.05, 4.69) is 26.0 Å². The molecule has 0 fully saturated rings. The zero-order valence-corrected chi connectivity index (χ0v) is 12.0. The normalized spacial score (nSPS) is 12.6. The molecule has 0 aliphatic heterocycles. The van der Waals surface area contributed by atoms with Gasteiger partial charge in [0, 0.05) is 0 Å². The van der Waals surface area contributed by atoms with Crippen molar-refractivity contribution in [3.8, 4) is 0 Å². The van der Waals surface area contributed by atoms with E-state index < -0.39 is 0 Å². The topological polar surface area (TPSA) is 20.2 Å². The molecular formula is C17H28O. The van der Waals surface area contributed by atoms with Crippen LogP contribution in [0.3, 0.4) is 0 Å². The van der Waals surface area contributed by atoms with Crippen LogP contribution in [-0.2, 0) is 6.61 Å². The Morgan fingerprint density at radius 3 is 2.17 bits per heavy atom. The minimum atomic E-state index is 0.145. The van der Waals surface area contributed by atoms with Crippen LogP contribution in [0.1, 0.15) is 75.8 Å². The zero-order valence-electron chi connectivity index (χ0n) is 12.0. The van der Waals surface area contributed by atoms with Gasteiger partial charge in [-0.1, -0.05) is 76.6 Å². The summed E-state index contributed by atoms with van der Waals surface area (Å²) in [5.74, 6) is 0.643. The summed E-state index contributed by atoms with van der Waals surface area (Å²) in [6.45, 7) is 4.71. The maximum atomic E-state index is 9.01. The second-order valence-corrected chi connectivity index (χ2v) is 5.36. The molecule has 102 valence electrons. The highest BCUT2D eigenvalue weighted by Gasteiger charge is 2.05. The molecule has 0 aromatic heterocycles. The first-order valence-electron chi connectivity index (χ1n) is 7.47. The highest BCUT2D eigenvalue weighted by atomic mass is 16.3. The zero-order chi connectivity index (χ0) is 13.2. The Morgan fingerprint density at radius 2 is 1.56 bits per heavy atom. The predicted octanol–water partition coefficient (Wildman–Crippen LogP) is 5.03. The van der Waals surface area contributed by atoms with E-state index >= 15 is 0 Å². The number of unbranched alkanes of at least 4 members (excludes halogenated alkanes) is 5. The van der Waals surface area contributed by atoms with Gasteiger partial charge in [0.15, 0.2) is 0 Å². The number of hydrogen-bond donors (Lipinski definition) is 1. The minimum Gasteiger partial charge on any atom is -0.392 e. The van der Waals surface area contributed by atoms with Crippen LogP contribution in [0.4, 0.5) is 0 Å². The summed E-state index contributed by atoms with van der Waals surface area (Å²) in [6, 6.07) is 8.39. The van der Waals surface area contributed by atoms with Crippen molar-refractivity contribution in [2.24, 2.45) is 0 Å². The van der Waals surface area contributed by atoms with Gasteiger partial charge in [-0.2, -0.15) is 0 Å². The van der Waals surface area contributed by atoms with Crippen molar-refractivity contribution >= 4 is 0 Å². The third-order valence-corrected chi connectivity index (χ3v) is 3.72. The summed E-state index contributed by atoms with van der Waals surface area (Å²) in [5.41, 5.74) is 2.41. The fourth-order valence-electron chi connectivity index (χ4n) is 2.35. The van der Waals surface area contributed by atoms with Crippen molar-refractivity contribution in [2.45, 2.75) is 71.3 Å². The molecule has 1 heteroatoms. The van der Waals surface area contributed by atoms with E-state index in [1.807, 2.05) is 12.1 Å². The SMILES string of the molecule is CCCCCCCCC(C)c1ccc(CO)cc1. The van der Waals surface area contributed by atoms with Crippen LogP contribution >= 0.6 is 0 Å². The molecule has 0 heterocycles. The average molecular weight is 248 g/mol. The van der Waals surface area contributed by atoms with E-state index in [1.165, 1.54) is 50.5 Å². The lowest BCUT2D eigenvalue weighted by molar-refractivity contribution is 0.282. The molecule has 1 nitrogen and oxygen atoms in total. The molecule has 1 N–H and O–H groups in total. The van der Waals surface area contributed by atoms with E-state index in [4.69, 9.17) is 5.11 Å². The van der Waals surface area contributed by atoms with Gasteiger partial charge in [0.1, 0.15) is 0 Å². The van der Waals surface area contributed by atoms with Gasteiger partial charge in [0.05, 0.1) is 6.61 Å². The Morgan fingerprint density at radius 1 is 0.944 bits per heavy atom. The Kier molecular flexibility index (Phi) is 7.75. The van der Waals surface area contributed by atoms with Crippen LogP contribution < -0.4 is 0 Å². The Labute approximate surface area is 112 Å². The van der Waals surface area contributed by atoms with Crippen molar-refractivity contribution in [3.63, 3.8) is 0 Å². The van der Waals surface area contributed by atoms with Crippen LogP contribution in [-0.4, -0.2) is 5.11 Å². The largest absolute Gasteiger partial charge is 0.392 e. The van der Waals surface area contributed by atoms with E-state index in [9.17, 15) is 0 Å². The monoisotopic (exact) mass is 248 g/mol. The van der Waals surface area contributed by atoms with E-state index in [-0.39, 0.29) is 6.61 Å². The smallest absolute Gasteiger partial charge is 0.0681 e. The summed E-state index contributed by atoms with van der Waals surface area (Å²) in [5, 5.41) is 9.01. The first-order chi connectivity index (χ1) is 8.77. The predicted molar refractivity (Wildman–Crippen MR) is 78.8 cm³/mol. The third kappa shape index (κ3) is 5.68. The van der Waals surface area contributed by atoms with Gasteiger partial charge in [-0.3, -0.25) is 0 Å². The first-order valence-corrected chi connectivity index (χ1v) is 7.47. The lowest BCUT2D eigenvalue weighted by Gasteiger charge is -2.12. The van der Waals surface area contributed by atoms with Gasteiger partial charge in [-0.25, -0.2) is 0 Å². The molecule has 1 atom stereocenters. The highest BCUT2D eigenvalue weighted by molar-refractivity contribution is 5.24. The number of hydrogen-bond acceptors (Lipinski definition) is 1. The molecule has 0 amide bonds. The van der Waals surface area contributed by atoms with Gasteiger partial charge in [0.2, 0.25) is 0 Å². The standard InChI is InChI=1S/C17H28O/c1-3-4-5-6-7-8-9-15(2)17-12-10-16(14-18)11-13-17/h10-13,15,18H,3-9,14H2,1-2H3. The van der Waals surface area contributed by atoms with Gasteiger partial charge >= 0.3 is 0 Å². The molecule has 1 unspecified atom stereocenters. The average Bonchev–Trinajstić information content (AvgIpc) is 2.42. The van der Waals surface area contributed by atoms with Gasteiger partial charge in [-0.15, -0.1) is 0 Å². The number of aliphatic hydroxyl groups excluding tert-OH is 1. The highest BCUT2D eigenvalue weighted by Crippen LogP contribution is 2.22. The molecule has 1 rings (SSSR count). The second kappa shape index (κ2) is 9.16. The van der Waals surface area contributed by atoms with Gasteiger partial charge < -0.3 is 5.11 Å². The molecule has 0 aliphatic carbocycles. The molecule has 18 heavy (non-hydrogen) atoms. The quantitative estimate of drug-likeness (QED) is 0.607. The molecule has 0 spiro atoms. The molecule has 1 aromatic carbocycles. The molecule has 0 saturated heterocycles. The second-order valence-electron chi connectivity index (χ2n) is 5.36. The third-order valence-electron chi connectivity index (χ3n) is 3.72. The van der Waals surface area contributed by atoms with Crippen LogP contribution in [0, 0.1) is 0 Å². The minimum absolute atomic E-state index is 0.145. The first kappa shape index (κ1) is 15.2. The van der Waals surface area contributed by atoms with Crippen molar-refractivity contribution in [1.29, 1.82) is 0 Å². The molecular weight excluding hydrogens is 220 g/mol. The van der Waals surface area contributed by atoms with Crippen molar-refractivity contribution in [1.82, 2.24) is 0 Å². The summed E-state index contributed by atoms with van der Waals surface area (Å²) < 4.78 is 0. The molecule has 0 bridgehead atoms. The number of aliphatic hydroxyl groups is 1. The van der Waals surface area contributed by atoms with E-state index in [0.29, 0.717) is 5.92 Å². The Balaban J connectivity index is 2.21. The van der Waals surface area contributed by atoms with Crippen LogP contribution in [0.25, 0.3) is 0 Å². The van der Waals surface area contributed by atoms with Crippen LogP contribution in [0.2, 0.25) is 0 Å². The summed E-state index contributed by atoms with van der Waals surface area (Å²) in [4.78, 5) is 0. The maximum absolute atomic E-state index is 9.01. The Hall–Kier alpha value is -0.820. The van der Waals surface area contributed by atoms with Crippen molar-refractivity contribution < 1.29 is 5.11 Å². The van der Waals surface area contributed by atoms with Crippen LogP contribution in [0.5, 0.6) is 0 Å². The van der Waals surface area contributed by atoms with E-state index in [1.54, 1.807) is 0 Å². The van der Waals surface area contributed by atoms with Crippen molar-refractivity contribution in [3.05, 3.63) is 35.4 Å². The molecule has 1 aromatic rings. The summed E-state index contributed by atoms with van der Waals surface area (Å²) in [6.07, 6.45) is 9.50. The summed E-state index contributed by atoms with van der Waals surface area (Å²) in [7, 11) is 0. The van der Waals surface area contributed by atoms with Gasteiger partial charge in [-0.05, 0) is 23.5 Å². The fraction of sp³-hybridized carbons (Fsp3) is 0.647. The molecule has 0 radical (unpaired) electrons. The number of benzene rings is 1. The molecule has 0 aliphatic rings. The molecule has 0 saturated carbocycles. The lowest BCUT2D eigenvalue weighted by Crippen LogP contribution is -1.94. The van der Waals surface area contributed by atoms with Gasteiger partial charge in [0.25, 0.3) is 0 Å². The maximum Gasteiger partial charge on any atom is 0.0681 e. The fourth-order valence-corrected chi connectivity index (χ4v) is 2.35. The lowest BCUT2D eigenvalue weighted by atomic mass is 9.94. The van der Waals surface area contributed by atoms with Crippen LogP contribution in [0.15, 0.2) is 24.3 Å². The van der Waals surface area contributed by atoms with Crippen molar-refractivity contribution in [2.75, 3.05) is 0 Å². The number of rotatable bonds is 9.